The van der Waals surface area contributed by atoms with Crippen LogP contribution in [0, 0.1) is 0 Å². The molecule has 0 radical (unpaired) electrons. The Balaban J connectivity index is 2.34. The van der Waals surface area contributed by atoms with Crippen molar-refractivity contribution < 1.29 is 14.6 Å². The van der Waals surface area contributed by atoms with E-state index < -0.39 is 6.10 Å². The van der Waals surface area contributed by atoms with E-state index in [-0.39, 0.29) is 6.09 Å². The summed E-state index contributed by atoms with van der Waals surface area (Å²) in [5.74, 6) is 0. The molecule has 1 heterocycles. The van der Waals surface area contributed by atoms with E-state index in [0.717, 1.165) is 4.88 Å². The van der Waals surface area contributed by atoms with Gasteiger partial charge in [-0.2, -0.15) is 0 Å². The normalized spacial score (nSPS) is 12.2. The van der Waals surface area contributed by atoms with Gasteiger partial charge in [0.05, 0.1) is 13.2 Å². The molecule has 1 atom stereocenters. The number of methoxy groups -OCH3 is 1. The number of carbonyl (C=O) groups is 1. The van der Waals surface area contributed by atoms with Crippen LogP contribution in [0.3, 0.4) is 0 Å². The summed E-state index contributed by atoms with van der Waals surface area (Å²) in [6, 6.07) is 3.78. The minimum absolute atomic E-state index is 0.381. The Morgan fingerprint density at radius 1 is 1.73 bits per heavy atom. The first-order chi connectivity index (χ1) is 7.15. The van der Waals surface area contributed by atoms with E-state index in [1.165, 1.54) is 23.3 Å². The molecule has 15 heavy (non-hydrogen) atoms. The van der Waals surface area contributed by atoms with Gasteiger partial charge >= 0.3 is 6.09 Å². The Morgan fingerprint density at radius 3 is 3.00 bits per heavy atom. The minimum Gasteiger partial charge on any atom is -0.453 e. The van der Waals surface area contributed by atoms with Gasteiger partial charge < -0.3 is 14.7 Å². The monoisotopic (exact) mass is 229 g/mol. The number of rotatable bonds is 4. The average molecular weight is 229 g/mol. The Bertz CT molecular complexity index is 300. The summed E-state index contributed by atoms with van der Waals surface area (Å²) in [4.78, 5) is 13.4. The van der Waals surface area contributed by atoms with Crippen LogP contribution < -0.4 is 0 Å². The van der Waals surface area contributed by atoms with Crippen LogP contribution in [-0.4, -0.2) is 36.8 Å². The zero-order valence-corrected chi connectivity index (χ0v) is 9.66. The van der Waals surface area contributed by atoms with E-state index in [1.807, 2.05) is 17.5 Å². The Labute approximate surface area is 93.1 Å². The predicted molar refractivity (Wildman–Crippen MR) is 58.9 cm³/mol. The lowest BCUT2D eigenvalue weighted by atomic mass is 10.2. The number of nitrogens with zero attached hydrogens (tertiary/aromatic N) is 1. The topological polar surface area (TPSA) is 49.8 Å². The summed E-state index contributed by atoms with van der Waals surface area (Å²) in [5, 5.41) is 11.7. The maximum atomic E-state index is 11.0. The van der Waals surface area contributed by atoms with Gasteiger partial charge in [-0.15, -0.1) is 11.3 Å². The van der Waals surface area contributed by atoms with Crippen LogP contribution in [0.2, 0.25) is 0 Å². The van der Waals surface area contributed by atoms with Crippen LogP contribution >= 0.6 is 11.3 Å². The van der Waals surface area contributed by atoms with E-state index >= 15 is 0 Å². The summed E-state index contributed by atoms with van der Waals surface area (Å²) in [5.41, 5.74) is 0. The largest absolute Gasteiger partial charge is 0.453 e. The van der Waals surface area contributed by atoms with Crippen molar-refractivity contribution in [2.24, 2.45) is 0 Å². The van der Waals surface area contributed by atoms with E-state index in [0.29, 0.717) is 13.0 Å². The SMILES string of the molecule is COC(=O)N(C)CC[C@H](O)c1cccs1. The molecule has 1 N–H and O–H groups in total. The molecule has 0 aliphatic carbocycles. The molecule has 1 rings (SSSR count). The van der Waals surface area contributed by atoms with Gasteiger partial charge in [0.1, 0.15) is 0 Å². The van der Waals surface area contributed by atoms with Gasteiger partial charge in [0, 0.05) is 18.5 Å². The van der Waals surface area contributed by atoms with E-state index in [4.69, 9.17) is 0 Å². The van der Waals surface area contributed by atoms with E-state index in [9.17, 15) is 9.90 Å². The van der Waals surface area contributed by atoms with Crippen LogP contribution in [-0.2, 0) is 4.74 Å². The van der Waals surface area contributed by atoms with Gasteiger partial charge in [-0.1, -0.05) is 6.07 Å². The molecule has 4 nitrogen and oxygen atoms in total. The smallest absolute Gasteiger partial charge is 0.409 e. The van der Waals surface area contributed by atoms with Crippen molar-refractivity contribution in [3.05, 3.63) is 22.4 Å². The van der Waals surface area contributed by atoms with Gasteiger partial charge in [-0.05, 0) is 17.9 Å². The zero-order chi connectivity index (χ0) is 11.3. The van der Waals surface area contributed by atoms with Crippen molar-refractivity contribution in [1.29, 1.82) is 0 Å². The van der Waals surface area contributed by atoms with Crippen LogP contribution in [0.25, 0.3) is 0 Å². The molecule has 0 aliphatic heterocycles. The fraction of sp³-hybridized carbons (Fsp3) is 0.500. The molecule has 0 spiro atoms. The van der Waals surface area contributed by atoms with Crippen LogP contribution in [0.5, 0.6) is 0 Å². The quantitative estimate of drug-likeness (QED) is 0.857. The van der Waals surface area contributed by atoms with Crippen LogP contribution in [0.1, 0.15) is 17.4 Å². The van der Waals surface area contributed by atoms with Crippen molar-refractivity contribution >= 4 is 17.4 Å². The molecular formula is C10H15NO3S. The lowest BCUT2D eigenvalue weighted by Gasteiger charge is -2.17. The molecule has 0 fully saturated rings. The van der Waals surface area contributed by atoms with Crippen molar-refractivity contribution in [2.75, 3.05) is 20.7 Å². The molecule has 1 aromatic heterocycles. The third-order valence-electron chi connectivity index (χ3n) is 2.10. The molecule has 0 bridgehead atoms. The second-order valence-corrected chi connectivity index (χ2v) is 4.19. The lowest BCUT2D eigenvalue weighted by molar-refractivity contribution is 0.118. The van der Waals surface area contributed by atoms with Crippen LogP contribution in [0.4, 0.5) is 4.79 Å². The van der Waals surface area contributed by atoms with Crippen molar-refractivity contribution in [2.45, 2.75) is 12.5 Å². The number of aliphatic hydroxyl groups excluding tert-OH is 1. The molecule has 5 heteroatoms. The Kier molecular flexibility index (Phi) is 4.58. The molecule has 1 aromatic rings. The summed E-state index contributed by atoms with van der Waals surface area (Å²) in [6.45, 7) is 0.478. The number of ether oxygens (including phenoxy) is 1. The van der Waals surface area contributed by atoms with Crippen molar-refractivity contribution in [3.8, 4) is 0 Å². The first-order valence-corrected chi connectivity index (χ1v) is 5.53. The number of thiophene rings is 1. The maximum absolute atomic E-state index is 11.0. The molecule has 1 amide bonds. The Hall–Kier alpha value is -1.07. The molecule has 0 unspecified atom stereocenters. The number of hydrogen-bond donors (Lipinski definition) is 1. The second-order valence-electron chi connectivity index (χ2n) is 3.21. The predicted octanol–water partition coefficient (Wildman–Crippen LogP) is 1.87. The highest BCUT2D eigenvalue weighted by Crippen LogP contribution is 2.21. The summed E-state index contributed by atoms with van der Waals surface area (Å²) in [7, 11) is 2.99. The van der Waals surface area contributed by atoms with Crippen molar-refractivity contribution in [1.82, 2.24) is 4.90 Å². The first kappa shape index (κ1) is 12.0. The molecule has 0 saturated heterocycles. The highest BCUT2D eigenvalue weighted by atomic mass is 32.1. The number of carbonyl (C=O) groups excluding carboxylic acids is 1. The highest BCUT2D eigenvalue weighted by Gasteiger charge is 2.12. The molecule has 0 saturated carbocycles. The third-order valence-corrected chi connectivity index (χ3v) is 3.07. The maximum Gasteiger partial charge on any atom is 0.409 e. The lowest BCUT2D eigenvalue weighted by Crippen LogP contribution is -2.28. The number of aliphatic hydroxyl groups is 1. The van der Waals surface area contributed by atoms with E-state index in [2.05, 4.69) is 4.74 Å². The van der Waals surface area contributed by atoms with Crippen molar-refractivity contribution in [3.63, 3.8) is 0 Å². The number of amides is 1. The minimum atomic E-state index is -0.503. The molecular weight excluding hydrogens is 214 g/mol. The second kappa shape index (κ2) is 5.72. The fourth-order valence-electron chi connectivity index (χ4n) is 1.19. The summed E-state index contributed by atoms with van der Waals surface area (Å²) in [6.07, 6.45) is -0.364. The van der Waals surface area contributed by atoms with Gasteiger partial charge in [0.2, 0.25) is 0 Å². The summed E-state index contributed by atoms with van der Waals surface area (Å²) < 4.78 is 4.54. The number of hydrogen-bond acceptors (Lipinski definition) is 4. The van der Waals surface area contributed by atoms with Gasteiger partial charge in [0.15, 0.2) is 0 Å². The molecule has 84 valence electrons. The molecule has 0 aliphatic rings. The van der Waals surface area contributed by atoms with Crippen LogP contribution in [0.15, 0.2) is 17.5 Å². The van der Waals surface area contributed by atoms with Gasteiger partial charge in [-0.25, -0.2) is 4.79 Å². The Morgan fingerprint density at radius 2 is 2.47 bits per heavy atom. The summed E-state index contributed by atoms with van der Waals surface area (Å²) >= 11 is 1.51. The first-order valence-electron chi connectivity index (χ1n) is 4.65. The third kappa shape index (κ3) is 3.53. The zero-order valence-electron chi connectivity index (χ0n) is 8.84. The van der Waals surface area contributed by atoms with Gasteiger partial charge in [-0.3, -0.25) is 0 Å². The average Bonchev–Trinajstić information content (AvgIpc) is 2.77. The highest BCUT2D eigenvalue weighted by molar-refractivity contribution is 7.10. The standard InChI is InChI=1S/C10H15NO3S/c1-11(10(13)14-2)6-5-8(12)9-4-3-7-15-9/h3-4,7-8,12H,5-6H2,1-2H3/t8-/m0/s1. The van der Waals surface area contributed by atoms with Gasteiger partial charge in [0.25, 0.3) is 0 Å². The fourth-order valence-corrected chi connectivity index (χ4v) is 1.93. The molecule has 0 aromatic carbocycles. The van der Waals surface area contributed by atoms with E-state index in [1.54, 1.807) is 7.05 Å².